The van der Waals surface area contributed by atoms with E-state index in [2.05, 4.69) is 5.32 Å². The molecule has 2 N–H and O–H groups in total. The van der Waals surface area contributed by atoms with Crippen molar-refractivity contribution >= 4 is 23.5 Å². The van der Waals surface area contributed by atoms with Crippen LogP contribution in [-0.4, -0.2) is 24.4 Å². The number of carbonyl (C=O) groups excluding carboxylic acids is 2. The van der Waals surface area contributed by atoms with Crippen molar-refractivity contribution < 1.29 is 9.59 Å². The fourth-order valence-electron chi connectivity index (χ4n) is 0.313. The Morgan fingerprint density at radius 2 is 2.18 bits per heavy atom. The van der Waals surface area contributed by atoms with Gasteiger partial charge in [0.1, 0.15) is 0 Å². The average molecular weight is 175 g/mol. The summed E-state index contributed by atoms with van der Waals surface area (Å²) in [6.45, 7) is 0. The van der Waals surface area contributed by atoms with E-state index in [0.717, 1.165) is 0 Å². The highest BCUT2D eigenvalue weighted by Gasteiger charge is 2.13. The molecule has 0 fully saturated rings. The second-order valence-corrected chi connectivity index (χ2v) is 2.03. The molecular weight excluding hydrogens is 168 g/mol. The fraction of sp³-hybridized carbons (Fsp3) is 0.333. The highest BCUT2D eigenvalue weighted by molar-refractivity contribution is 6.33. The van der Waals surface area contributed by atoms with Crippen LogP contribution in [0, 0.1) is 12.3 Å². The summed E-state index contributed by atoms with van der Waals surface area (Å²) in [4.78, 5) is 21.2. The number of hydrogen-bond donors (Lipinski definition) is 2. The van der Waals surface area contributed by atoms with Gasteiger partial charge in [-0.15, -0.1) is 6.42 Å². The van der Waals surface area contributed by atoms with Crippen LogP contribution in [0.1, 0.15) is 0 Å². The van der Waals surface area contributed by atoms with E-state index in [9.17, 15) is 9.59 Å². The third-order valence-electron chi connectivity index (χ3n) is 0.840. The molecule has 0 radical (unpaired) electrons. The molecule has 0 aliphatic rings. The summed E-state index contributed by atoms with van der Waals surface area (Å²) in [5, 5.41) is 2.99. The summed E-state index contributed by atoms with van der Waals surface area (Å²) in [6, 6.07) is -0.629. The van der Waals surface area contributed by atoms with Crippen molar-refractivity contribution in [3.8, 4) is 12.3 Å². The summed E-state index contributed by atoms with van der Waals surface area (Å²) in [5.41, 5.74) is 0. The van der Waals surface area contributed by atoms with Gasteiger partial charge in [0.25, 0.3) is 5.91 Å². The van der Waals surface area contributed by atoms with E-state index >= 15 is 0 Å². The number of urea groups is 1. The quantitative estimate of drug-likeness (QED) is 0.423. The molecule has 0 aromatic heterocycles. The maximum absolute atomic E-state index is 10.7. The van der Waals surface area contributed by atoms with Gasteiger partial charge >= 0.3 is 6.03 Å². The number of amides is 3. The smallest absolute Gasteiger partial charge is 0.321 e. The van der Waals surface area contributed by atoms with Gasteiger partial charge in [-0.05, 0) is 0 Å². The van der Waals surface area contributed by atoms with Gasteiger partial charge in [0.15, 0.2) is 5.38 Å². The Balaban J connectivity index is 3.90. The number of carbonyl (C=O) groups is 2. The molecule has 0 saturated heterocycles. The standard InChI is InChI=1S/C6H7ClN2O2/c1-3-4(7)5(10)9-6(11)8-2/h1,4H,2H3,(H2,8,9,10,11). The maximum Gasteiger partial charge on any atom is 0.321 e. The minimum atomic E-state index is -1.10. The van der Waals surface area contributed by atoms with Crippen molar-refractivity contribution in [3.05, 3.63) is 0 Å². The molecule has 0 rings (SSSR count). The third-order valence-corrected chi connectivity index (χ3v) is 1.16. The van der Waals surface area contributed by atoms with Crippen LogP contribution in [0.4, 0.5) is 4.79 Å². The van der Waals surface area contributed by atoms with Gasteiger partial charge in [0.2, 0.25) is 0 Å². The van der Waals surface area contributed by atoms with Gasteiger partial charge in [-0.25, -0.2) is 4.79 Å². The lowest BCUT2D eigenvalue weighted by Gasteiger charge is -2.02. The monoisotopic (exact) mass is 174 g/mol. The molecule has 0 aliphatic heterocycles. The Labute approximate surface area is 69.3 Å². The normalized spacial score (nSPS) is 11.0. The summed E-state index contributed by atoms with van der Waals surface area (Å²) < 4.78 is 0. The molecule has 0 bridgehead atoms. The first-order chi connectivity index (χ1) is 5.11. The first kappa shape index (κ1) is 9.79. The lowest BCUT2D eigenvalue weighted by molar-refractivity contribution is -0.118. The number of rotatable bonds is 1. The minimum Gasteiger partial charge on any atom is -0.341 e. The van der Waals surface area contributed by atoms with Crippen LogP contribution < -0.4 is 10.6 Å². The molecule has 0 heterocycles. The molecular formula is C6H7ClN2O2. The summed E-state index contributed by atoms with van der Waals surface area (Å²) in [5.74, 6) is 1.27. The minimum absolute atomic E-state index is 0.629. The zero-order valence-corrected chi connectivity index (χ0v) is 6.61. The van der Waals surface area contributed by atoms with E-state index in [-0.39, 0.29) is 0 Å². The number of hydrogen-bond acceptors (Lipinski definition) is 2. The maximum atomic E-state index is 10.7. The second kappa shape index (κ2) is 4.58. The van der Waals surface area contributed by atoms with Crippen molar-refractivity contribution in [1.82, 2.24) is 10.6 Å². The zero-order valence-electron chi connectivity index (χ0n) is 5.85. The average Bonchev–Trinajstić information content (AvgIpc) is 2.02. The zero-order chi connectivity index (χ0) is 8.85. The van der Waals surface area contributed by atoms with Crippen LogP contribution in [0.3, 0.4) is 0 Å². The van der Waals surface area contributed by atoms with Gasteiger partial charge in [-0.3, -0.25) is 10.1 Å². The Kier molecular flexibility index (Phi) is 4.08. The van der Waals surface area contributed by atoms with Gasteiger partial charge in [-0.2, -0.15) is 0 Å². The SMILES string of the molecule is C#CC(Cl)C(=O)NC(=O)NC. The molecule has 11 heavy (non-hydrogen) atoms. The van der Waals surface area contributed by atoms with E-state index in [1.54, 1.807) is 0 Å². The number of terminal acetylenes is 1. The second-order valence-electron chi connectivity index (χ2n) is 1.60. The van der Waals surface area contributed by atoms with Crippen molar-refractivity contribution in [1.29, 1.82) is 0 Å². The van der Waals surface area contributed by atoms with Gasteiger partial charge in [0.05, 0.1) is 0 Å². The molecule has 5 heteroatoms. The van der Waals surface area contributed by atoms with Crippen LogP contribution in [0.15, 0.2) is 0 Å². The summed E-state index contributed by atoms with van der Waals surface area (Å²) >= 11 is 5.29. The van der Waals surface area contributed by atoms with Crippen molar-refractivity contribution in [3.63, 3.8) is 0 Å². The number of alkyl halides is 1. The largest absolute Gasteiger partial charge is 0.341 e. The van der Waals surface area contributed by atoms with Crippen LogP contribution in [0.5, 0.6) is 0 Å². The molecule has 1 atom stereocenters. The number of halogens is 1. The molecule has 0 aliphatic carbocycles. The Bertz CT molecular complexity index is 209. The molecule has 4 nitrogen and oxygen atoms in total. The number of nitrogens with one attached hydrogen (secondary N) is 2. The Morgan fingerprint density at radius 1 is 1.64 bits per heavy atom. The van der Waals surface area contributed by atoms with Crippen LogP contribution in [-0.2, 0) is 4.79 Å². The predicted molar refractivity (Wildman–Crippen MR) is 41.1 cm³/mol. The lowest BCUT2D eigenvalue weighted by atomic mass is 10.4. The first-order valence-electron chi connectivity index (χ1n) is 2.74. The van der Waals surface area contributed by atoms with Crippen LogP contribution >= 0.6 is 11.6 Å². The van der Waals surface area contributed by atoms with Gasteiger partial charge in [-0.1, -0.05) is 17.5 Å². The molecule has 0 spiro atoms. The molecule has 60 valence electrons. The van der Waals surface area contributed by atoms with E-state index < -0.39 is 17.3 Å². The summed E-state index contributed by atoms with van der Waals surface area (Å²) in [6.07, 6.45) is 4.82. The van der Waals surface area contributed by atoms with Gasteiger partial charge < -0.3 is 5.32 Å². The summed E-state index contributed by atoms with van der Waals surface area (Å²) in [7, 11) is 1.38. The van der Waals surface area contributed by atoms with Crippen molar-refractivity contribution in [2.24, 2.45) is 0 Å². The molecule has 1 unspecified atom stereocenters. The lowest BCUT2D eigenvalue weighted by Crippen LogP contribution is -2.40. The van der Waals surface area contributed by atoms with E-state index in [1.807, 2.05) is 11.2 Å². The third kappa shape index (κ3) is 3.48. The highest BCUT2D eigenvalue weighted by atomic mass is 35.5. The predicted octanol–water partition coefficient (Wildman–Crippen LogP) is -0.317. The number of imide groups is 1. The Hall–Kier alpha value is -1.21. The molecule has 0 aromatic rings. The van der Waals surface area contributed by atoms with E-state index in [4.69, 9.17) is 18.0 Å². The van der Waals surface area contributed by atoms with E-state index in [0.29, 0.717) is 0 Å². The van der Waals surface area contributed by atoms with Crippen molar-refractivity contribution in [2.75, 3.05) is 7.05 Å². The first-order valence-corrected chi connectivity index (χ1v) is 3.18. The Morgan fingerprint density at radius 3 is 2.55 bits per heavy atom. The topological polar surface area (TPSA) is 58.2 Å². The van der Waals surface area contributed by atoms with Crippen LogP contribution in [0.2, 0.25) is 0 Å². The van der Waals surface area contributed by atoms with Gasteiger partial charge in [0, 0.05) is 7.05 Å². The fourth-order valence-corrected chi connectivity index (χ4v) is 0.368. The molecule has 0 saturated carbocycles. The molecule has 3 amide bonds. The van der Waals surface area contributed by atoms with Crippen molar-refractivity contribution in [2.45, 2.75) is 5.38 Å². The molecule has 0 aromatic carbocycles. The van der Waals surface area contributed by atoms with E-state index in [1.165, 1.54) is 7.05 Å². The highest BCUT2D eigenvalue weighted by Crippen LogP contribution is 1.91. The van der Waals surface area contributed by atoms with Crippen LogP contribution in [0.25, 0.3) is 0 Å².